The number of fused-ring (bicyclic) bond motifs is 1. The first kappa shape index (κ1) is 19.2. The molecule has 0 radical (unpaired) electrons. The molecule has 2 heterocycles. The zero-order valence-electron chi connectivity index (χ0n) is 16.7. The van der Waals surface area contributed by atoms with Gasteiger partial charge in [-0.1, -0.05) is 42.5 Å². The average Bonchev–Trinajstić information content (AvgIpc) is 3.29. The molecule has 29 heavy (non-hydrogen) atoms. The van der Waals surface area contributed by atoms with Crippen LogP contribution in [0.3, 0.4) is 0 Å². The van der Waals surface area contributed by atoms with Gasteiger partial charge in [-0.15, -0.1) is 0 Å². The normalized spacial score (nSPS) is 15.6. The van der Waals surface area contributed by atoms with Gasteiger partial charge in [-0.2, -0.15) is 5.10 Å². The summed E-state index contributed by atoms with van der Waals surface area (Å²) < 4.78 is 10.8. The number of hydrogen-bond donors (Lipinski definition) is 1. The van der Waals surface area contributed by atoms with E-state index < -0.39 is 0 Å². The number of ether oxygens (including phenoxy) is 2. The van der Waals surface area contributed by atoms with E-state index in [-0.39, 0.29) is 11.9 Å². The van der Waals surface area contributed by atoms with Crippen LogP contribution in [0.5, 0.6) is 5.75 Å². The minimum Gasteiger partial charge on any atom is -0.494 e. The van der Waals surface area contributed by atoms with Gasteiger partial charge < -0.3 is 14.4 Å². The minimum absolute atomic E-state index is 0.0235. The van der Waals surface area contributed by atoms with Crippen molar-refractivity contribution in [3.63, 3.8) is 0 Å². The van der Waals surface area contributed by atoms with Crippen molar-refractivity contribution in [3.8, 4) is 17.0 Å². The Morgan fingerprint density at radius 2 is 1.86 bits per heavy atom. The molecule has 0 bridgehead atoms. The van der Waals surface area contributed by atoms with E-state index in [1.165, 1.54) is 0 Å². The van der Waals surface area contributed by atoms with Gasteiger partial charge >= 0.3 is 0 Å². The van der Waals surface area contributed by atoms with E-state index in [0.29, 0.717) is 25.5 Å². The fourth-order valence-corrected chi connectivity index (χ4v) is 3.88. The molecule has 0 saturated carbocycles. The number of benzene rings is 2. The topological polar surface area (TPSA) is 67.5 Å². The van der Waals surface area contributed by atoms with Crippen LogP contribution in [0.1, 0.15) is 41.0 Å². The number of rotatable bonds is 8. The molecule has 6 nitrogen and oxygen atoms in total. The fraction of sp³-hybridized carbons (Fsp3) is 0.304. The Kier molecular flexibility index (Phi) is 5.62. The highest BCUT2D eigenvalue weighted by Gasteiger charge is 2.41. The summed E-state index contributed by atoms with van der Waals surface area (Å²) in [7, 11) is 1.68. The lowest BCUT2D eigenvalue weighted by Crippen LogP contribution is -2.31. The third-order valence-corrected chi connectivity index (χ3v) is 5.17. The number of carbonyl (C=O) groups is 1. The predicted octanol–water partition coefficient (Wildman–Crippen LogP) is 4.06. The summed E-state index contributed by atoms with van der Waals surface area (Å²) >= 11 is 0. The Morgan fingerprint density at radius 1 is 1.10 bits per heavy atom. The molecule has 0 aliphatic carbocycles. The second-order valence-electron chi connectivity index (χ2n) is 6.98. The summed E-state index contributed by atoms with van der Waals surface area (Å²) in [5.74, 6) is 0.798. The molecule has 3 aromatic rings. The van der Waals surface area contributed by atoms with Crippen LogP contribution in [-0.4, -0.2) is 47.9 Å². The molecule has 1 aliphatic heterocycles. The van der Waals surface area contributed by atoms with Crippen molar-refractivity contribution in [2.24, 2.45) is 0 Å². The molecule has 0 spiro atoms. The third-order valence-electron chi connectivity index (χ3n) is 5.17. The number of hydrogen-bond acceptors (Lipinski definition) is 4. The number of nitrogens with zero attached hydrogens (tertiary/aromatic N) is 2. The van der Waals surface area contributed by atoms with Crippen molar-refractivity contribution in [2.75, 3.05) is 26.9 Å². The quantitative estimate of drug-likeness (QED) is 0.588. The second kappa shape index (κ2) is 8.49. The SMILES string of the molecule is CCOc1ccc(C2c3c(-c4ccccc4)n[nH]c3C(=O)N2CCCOC)cc1. The molecule has 1 aromatic heterocycles. The molecule has 1 N–H and O–H groups in total. The molecule has 2 aromatic carbocycles. The summed E-state index contributed by atoms with van der Waals surface area (Å²) in [4.78, 5) is 15.1. The van der Waals surface area contributed by atoms with Gasteiger partial charge in [0, 0.05) is 31.4 Å². The summed E-state index contributed by atoms with van der Waals surface area (Å²) in [6, 6.07) is 17.8. The lowest BCUT2D eigenvalue weighted by Gasteiger charge is -2.26. The van der Waals surface area contributed by atoms with Crippen LogP contribution in [0, 0.1) is 0 Å². The zero-order chi connectivity index (χ0) is 20.2. The first-order valence-electron chi connectivity index (χ1n) is 9.91. The number of aromatic amines is 1. The number of carbonyl (C=O) groups excluding carboxylic acids is 1. The number of aromatic nitrogens is 2. The van der Waals surface area contributed by atoms with Gasteiger partial charge in [-0.25, -0.2) is 0 Å². The number of nitrogens with one attached hydrogen (secondary N) is 1. The number of H-pyrrole nitrogens is 1. The minimum atomic E-state index is -0.195. The lowest BCUT2D eigenvalue weighted by molar-refractivity contribution is 0.0723. The highest BCUT2D eigenvalue weighted by atomic mass is 16.5. The molecule has 0 fully saturated rings. The van der Waals surface area contributed by atoms with Crippen LogP contribution in [-0.2, 0) is 4.74 Å². The van der Waals surface area contributed by atoms with Gasteiger partial charge in [0.15, 0.2) is 0 Å². The first-order valence-corrected chi connectivity index (χ1v) is 9.91. The molecule has 1 atom stereocenters. The highest BCUT2D eigenvalue weighted by Crippen LogP contribution is 2.43. The van der Waals surface area contributed by atoms with E-state index in [9.17, 15) is 4.79 Å². The van der Waals surface area contributed by atoms with Crippen molar-refractivity contribution in [1.82, 2.24) is 15.1 Å². The summed E-state index contributed by atoms with van der Waals surface area (Å²) in [6.07, 6.45) is 0.772. The maximum Gasteiger partial charge on any atom is 0.273 e. The van der Waals surface area contributed by atoms with Crippen LogP contribution in [0.4, 0.5) is 0 Å². The van der Waals surface area contributed by atoms with Gasteiger partial charge in [0.05, 0.1) is 18.3 Å². The largest absolute Gasteiger partial charge is 0.494 e. The van der Waals surface area contributed by atoms with Gasteiger partial charge in [0.25, 0.3) is 5.91 Å². The maximum atomic E-state index is 13.2. The molecule has 0 saturated heterocycles. The van der Waals surface area contributed by atoms with E-state index in [1.54, 1.807) is 7.11 Å². The molecule has 4 rings (SSSR count). The molecular weight excluding hydrogens is 366 g/mol. The van der Waals surface area contributed by atoms with Crippen molar-refractivity contribution in [1.29, 1.82) is 0 Å². The van der Waals surface area contributed by atoms with Crippen LogP contribution in [0.15, 0.2) is 54.6 Å². The van der Waals surface area contributed by atoms with Crippen LogP contribution >= 0.6 is 0 Å². The zero-order valence-corrected chi connectivity index (χ0v) is 16.7. The smallest absolute Gasteiger partial charge is 0.273 e. The van der Waals surface area contributed by atoms with Gasteiger partial charge in [0.2, 0.25) is 0 Å². The standard InChI is InChI=1S/C23H25N3O3/c1-3-29-18-12-10-17(11-13-18)22-19-20(16-8-5-4-6-9-16)24-25-21(19)23(27)26(22)14-7-15-28-2/h4-6,8-13,22H,3,7,14-15H2,1-2H3,(H,24,25). The van der Waals surface area contributed by atoms with Gasteiger partial charge in [0.1, 0.15) is 11.4 Å². The van der Waals surface area contributed by atoms with Crippen LogP contribution in [0.25, 0.3) is 11.3 Å². The van der Waals surface area contributed by atoms with E-state index >= 15 is 0 Å². The molecule has 6 heteroatoms. The maximum absolute atomic E-state index is 13.2. The summed E-state index contributed by atoms with van der Waals surface area (Å²) in [6.45, 7) is 3.80. The third kappa shape index (κ3) is 3.63. The van der Waals surface area contributed by atoms with Gasteiger partial charge in [-0.05, 0) is 31.0 Å². The second-order valence-corrected chi connectivity index (χ2v) is 6.98. The highest BCUT2D eigenvalue weighted by molar-refractivity contribution is 6.00. The summed E-state index contributed by atoms with van der Waals surface area (Å²) in [5.41, 5.74) is 4.36. The average molecular weight is 391 g/mol. The van der Waals surface area contributed by atoms with Crippen molar-refractivity contribution < 1.29 is 14.3 Å². The van der Waals surface area contributed by atoms with Gasteiger partial charge in [-0.3, -0.25) is 9.89 Å². The predicted molar refractivity (Wildman–Crippen MR) is 111 cm³/mol. The van der Waals surface area contributed by atoms with Crippen molar-refractivity contribution in [3.05, 3.63) is 71.4 Å². The Hall–Kier alpha value is -3.12. The monoisotopic (exact) mass is 391 g/mol. The van der Waals surface area contributed by atoms with E-state index in [2.05, 4.69) is 10.2 Å². The van der Waals surface area contributed by atoms with Crippen molar-refractivity contribution >= 4 is 5.91 Å². The van der Waals surface area contributed by atoms with Crippen molar-refractivity contribution in [2.45, 2.75) is 19.4 Å². The molecule has 1 unspecified atom stereocenters. The number of methoxy groups -OCH3 is 1. The molecule has 1 amide bonds. The van der Waals surface area contributed by atoms with E-state index in [1.807, 2.05) is 66.4 Å². The van der Waals surface area contributed by atoms with Crippen LogP contribution < -0.4 is 4.74 Å². The van der Waals surface area contributed by atoms with E-state index in [4.69, 9.17) is 9.47 Å². The molecular formula is C23H25N3O3. The molecule has 150 valence electrons. The Bertz CT molecular complexity index is 967. The lowest BCUT2D eigenvalue weighted by atomic mass is 9.96. The van der Waals surface area contributed by atoms with Crippen LogP contribution in [0.2, 0.25) is 0 Å². The Balaban J connectivity index is 1.77. The Labute approximate surface area is 170 Å². The first-order chi connectivity index (χ1) is 14.2. The van der Waals surface area contributed by atoms with E-state index in [0.717, 1.165) is 34.6 Å². The number of amides is 1. The molecule has 1 aliphatic rings. The Morgan fingerprint density at radius 3 is 2.55 bits per heavy atom. The summed E-state index contributed by atoms with van der Waals surface area (Å²) in [5, 5.41) is 7.48. The fourth-order valence-electron chi connectivity index (χ4n) is 3.88.